The van der Waals surface area contributed by atoms with E-state index < -0.39 is 4.71 Å². The summed E-state index contributed by atoms with van der Waals surface area (Å²) in [5, 5.41) is 8.24. The molecule has 0 fully saturated rings. The third-order valence-electron chi connectivity index (χ3n) is 0.228. The molecule has 0 atom stereocenters. The average Bonchev–Trinajstić information content (AvgIpc) is 1.30. The van der Waals surface area contributed by atoms with E-state index in [1.54, 1.807) is 0 Å². The van der Waals surface area contributed by atoms with Gasteiger partial charge in [0.2, 0.25) is 0 Å². The summed E-state index contributed by atoms with van der Waals surface area (Å²) >= 11 is 14.6. The second kappa shape index (κ2) is 2.95. The summed E-state index contributed by atoms with van der Waals surface area (Å²) in [6, 6.07) is -0.233. The summed E-state index contributed by atoms with van der Waals surface area (Å²) in [6.45, 7) is 0. The lowest BCUT2D eigenvalue weighted by Crippen LogP contribution is -2.14. The van der Waals surface area contributed by atoms with Crippen molar-refractivity contribution in [3.05, 3.63) is 0 Å². The van der Waals surface area contributed by atoms with Crippen LogP contribution in [-0.4, -0.2) is 15.9 Å². The summed E-state index contributed by atoms with van der Waals surface area (Å²) in [4.78, 5) is 0. The average molecular weight is 165 g/mol. The molecule has 0 bridgehead atoms. The highest BCUT2D eigenvalue weighted by Crippen LogP contribution is 2.17. The Bertz CT molecular complexity index is 49.4. The van der Waals surface area contributed by atoms with Crippen LogP contribution in [0.3, 0.4) is 0 Å². The Morgan fingerprint density at radius 2 is 2.00 bits per heavy atom. The Labute approximate surface area is 55.9 Å². The van der Waals surface area contributed by atoms with Crippen molar-refractivity contribution in [1.82, 2.24) is 0 Å². The van der Waals surface area contributed by atoms with Crippen molar-refractivity contribution in [2.24, 2.45) is 0 Å². The zero-order valence-corrected chi connectivity index (χ0v) is 5.46. The SMILES string of the molecule is OC(Cl)(Cl)OCCl. The molecular formula is C2H3Cl3O2. The second-order valence-electron chi connectivity index (χ2n) is 0.739. The number of ether oxygens (including phenoxy) is 1. The maximum Gasteiger partial charge on any atom is 0.330 e. The van der Waals surface area contributed by atoms with Crippen molar-refractivity contribution >= 4 is 34.8 Å². The van der Waals surface area contributed by atoms with E-state index in [9.17, 15) is 0 Å². The summed E-state index contributed by atoms with van der Waals surface area (Å²) in [5.74, 6) is 0. The Kier molecular flexibility index (Phi) is 3.28. The Hall–Kier alpha value is 0.790. The fourth-order valence-electron chi connectivity index (χ4n) is 0.0656. The van der Waals surface area contributed by atoms with E-state index in [1.165, 1.54) is 0 Å². The Morgan fingerprint density at radius 3 is 2.00 bits per heavy atom. The standard InChI is InChI=1S/C2H3Cl3O2/c3-1-7-2(4,5)6/h6H,1H2. The minimum Gasteiger partial charge on any atom is -0.340 e. The summed E-state index contributed by atoms with van der Waals surface area (Å²) in [6.07, 6.45) is 0. The molecule has 7 heavy (non-hydrogen) atoms. The molecule has 0 aromatic carbocycles. The van der Waals surface area contributed by atoms with E-state index in [-0.39, 0.29) is 6.07 Å². The maximum absolute atomic E-state index is 8.24. The lowest BCUT2D eigenvalue weighted by molar-refractivity contribution is -0.0550. The van der Waals surface area contributed by atoms with E-state index in [1.807, 2.05) is 0 Å². The molecule has 0 aliphatic rings. The first-order valence-corrected chi connectivity index (χ1v) is 2.65. The largest absolute Gasteiger partial charge is 0.340 e. The molecule has 0 aliphatic heterocycles. The lowest BCUT2D eigenvalue weighted by atomic mass is 11.4. The second-order valence-corrected chi connectivity index (χ2v) is 2.18. The predicted octanol–water partition coefficient (Wildman–Crippen LogP) is 1.28. The molecule has 0 saturated carbocycles. The normalized spacial score (nSPS) is 12.0. The van der Waals surface area contributed by atoms with Crippen LogP contribution in [0.15, 0.2) is 0 Å². The number of alkyl halides is 3. The Morgan fingerprint density at radius 1 is 1.57 bits per heavy atom. The quantitative estimate of drug-likeness (QED) is 0.493. The van der Waals surface area contributed by atoms with Crippen LogP contribution in [0.4, 0.5) is 0 Å². The van der Waals surface area contributed by atoms with Gasteiger partial charge in [-0.05, 0) is 23.2 Å². The minimum absolute atomic E-state index is 0.233. The van der Waals surface area contributed by atoms with Crippen molar-refractivity contribution in [2.75, 3.05) is 6.07 Å². The molecular weight excluding hydrogens is 162 g/mol. The molecule has 0 aromatic rings. The van der Waals surface area contributed by atoms with Crippen LogP contribution in [0, 0.1) is 0 Å². The molecule has 1 N–H and O–H groups in total. The first-order chi connectivity index (χ1) is 3.06. The van der Waals surface area contributed by atoms with Crippen LogP contribution in [0.5, 0.6) is 0 Å². The molecule has 0 radical (unpaired) electrons. The molecule has 0 spiro atoms. The van der Waals surface area contributed by atoms with Crippen LogP contribution in [-0.2, 0) is 4.74 Å². The highest BCUT2D eigenvalue weighted by molar-refractivity contribution is 6.45. The number of hydrogen-bond donors (Lipinski definition) is 1. The summed E-state index contributed by atoms with van der Waals surface area (Å²) in [5.41, 5.74) is 0. The zero-order valence-electron chi connectivity index (χ0n) is 3.20. The fourth-order valence-corrected chi connectivity index (χ4v) is 0.444. The van der Waals surface area contributed by atoms with Crippen molar-refractivity contribution < 1.29 is 9.84 Å². The van der Waals surface area contributed by atoms with Gasteiger partial charge in [0.15, 0.2) is 0 Å². The van der Waals surface area contributed by atoms with E-state index in [0.29, 0.717) is 0 Å². The van der Waals surface area contributed by atoms with E-state index >= 15 is 0 Å². The lowest BCUT2D eigenvalue weighted by Gasteiger charge is -2.07. The first-order valence-electron chi connectivity index (χ1n) is 1.36. The molecule has 0 saturated heterocycles. The smallest absolute Gasteiger partial charge is 0.330 e. The van der Waals surface area contributed by atoms with Gasteiger partial charge in [-0.25, -0.2) is 0 Å². The van der Waals surface area contributed by atoms with Gasteiger partial charge in [-0.2, -0.15) is 0 Å². The molecule has 0 unspecified atom stereocenters. The third kappa shape index (κ3) is 6.79. The van der Waals surface area contributed by atoms with Gasteiger partial charge in [-0.1, -0.05) is 11.6 Å². The molecule has 0 aromatic heterocycles. The van der Waals surface area contributed by atoms with Gasteiger partial charge in [0.1, 0.15) is 6.07 Å². The molecule has 0 amide bonds. The third-order valence-corrected chi connectivity index (χ3v) is 0.556. The zero-order chi connectivity index (χ0) is 5.91. The van der Waals surface area contributed by atoms with Crippen LogP contribution in [0.25, 0.3) is 0 Å². The van der Waals surface area contributed by atoms with Gasteiger partial charge < -0.3 is 9.84 Å². The highest BCUT2D eigenvalue weighted by atomic mass is 35.5. The van der Waals surface area contributed by atoms with Gasteiger partial charge >= 0.3 is 4.71 Å². The first kappa shape index (κ1) is 7.79. The van der Waals surface area contributed by atoms with Crippen LogP contribution in [0.1, 0.15) is 0 Å². The maximum atomic E-state index is 8.24. The van der Waals surface area contributed by atoms with Crippen LogP contribution in [0.2, 0.25) is 0 Å². The van der Waals surface area contributed by atoms with E-state index in [4.69, 9.17) is 39.9 Å². The van der Waals surface area contributed by atoms with Crippen molar-refractivity contribution in [3.8, 4) is 0 Å². The topological polar surface area (TPSA) is 29.5 Å². The van der Waals surface area contributed by atoms with Gasteiger partial charge in [0.25, 0.3) is 0 Å². The van der Waals surface area contributed by atoms with Crippen LogP contribution >= 0.6 is 34.8 Å². The minimum atomic E-state index is -2.14. The van der Waals surface area contributed by atoms with Crippen molar-refractivity contribution in [1.29, 1.82) is 0 Å². The van der Waals surface area contributed by atoms with Gasteiger partial charge in [-0.3, -0.25) is 0 Å². The number of hydrogen-bond acceptors (Lipinski definition) is 2. The van der Waals surface area contributed by atoms with Crippen molar-refractivity contribution in [3.63, 3.8) is 0 Å². The number of rotatable bonds is 2. The van der Waals surface area contributed by atoms with Crippen LogP contribution < -0.4 is 0 Å². The monoisotopic (exact) mass is 164 g/mol. The van der Waals surface area contributed by atoms with Crippen molar-refractivity contribution in [2.45, 2.75) is 4.71 Å². The molecule has 2 nitrogen and oxygen atoms in total. The van der Waals surface area contributed by atoms with Gasteiger partial charge in [0, 0.05) is 0 Å². The number of aliphatic hydroxyl groups is 1. The molecule has 0 aliphatic carbocycles. The molecule has 44 valence electrons. The molecule has 0 heterocycles. The predicted molar refractivity (Wildman–Crippen MR) is 28.5 cm³/mol. The fraction of sp³-hybridized carbons (Fsp3) is 1.00. The van der Waals surface area contributed by atoms with E-state index in [0.717, 1.165) is 0 Å². The van der Waals surface area contributed by atoms with E-state index in [2.05, 4.69) is 4.74 Å². The highest BCUT2D eigenvalue weighted by Gasteiger charge is 2.17. The van der Waals surface area contributed by atoms with Gasteiger partial charge in [-0.15, -0.1) is 0 Å². The summed E-state index contributed by atoms with van der Waals surface area (Å²) in [7, 11) is 0. The van der Waals surface area contributed by atoms with Gasteiger partial charge in [0.05, 0.1) is 0 Å². The molecule has 0 rings (SSSR count). The number of halogens is 3. The molecule has 5 heteroatoms. The summed E-state index contributed by atoms with van der Waals surface area (Å²) < 4.78 is 1.94. The Balaban J connectivity index is 3.15.